The number of fused-ring (bicyclic) bond motifs is 2. The molecule has 0 amide bonds. The minimum Gasteiger partial charge on any atom is -0.495 e. The molecule has 1 atom stereocenters. The number of aromatic nitrogens is 6. The zero-order valence-corrected chi connectivity index (χ0v) is 17.8. The lowest BCUT2D eigenvalue weighted by molar-refractivity contribution is 0.413. The third-order valence-corrected chi connectivity index (χ3v) is 5.51. The summed E-state index contributed by atoms with van der Waals surface area (Å²) in [6, 6.07) is 7.55. The molecule has 5 rings (SSSR count). The molecule has 0 saturated carbocycles. The van der Waals surface area contributed by atoms with Gasteiger partial charge in [0.05, 0.1) is 41.0 Å². The summed E-state index contributed by atoms with van der Waals surface area (Å²) < 4.78 is 23.0. The Hall–Kier alpha value is -3.85. The van der Waals surface area contributed by atoms with Crippen molar-refractivity contribution >= 4 is 28.2 Å². The van der Waals surface area contributed by atoms with Crippen molar-refractivity contribution in [1.29, 1.82) is 0 Å². The second-order valence-corrected chi connectivity index (χ2v) is 7.64. The van der Waals surface area contributed by atoms with Crippen LogP contribution in [0.2, 0.25) is 5.02 Å². The van der Waals surface area contributed by atoms with Crippen LogP contribution in [0.1, 0.15) is 18.8 Å². The van der Waals surface area contributed by atoms with Gasteiger partial charge in [-0.15, -0.1) is 10.2 Å². The predicted molar refractivity (Wildman–Crippen MR) is 118 cm³/mol. The molecule has 10 heteroatoms. The molecule has 0 aliphatic heterocycles. The maximum atomic E-state index is 14.8. The van der Waals surface area contributed by atoms with Crippen LogP contribution in [0, 0.1) is 5.82 Å². The molecule has 0 aliphatic rings. The number of pyridine rings is 4. The second kappa shape index (κ2) is 7.69. The first-order chi connectivity index (χ1) is 15.5. The van der Waals surface area contributed by atoms with Crippen LogP contribution in [0.25, 0.3) is 27.8 Å². The van der Waals surface area contributed by atoms with Gasteiger partial charge in [0, 0.05) is 24.2 Å². The summed E-state index contributed by atoms with van der Waals surface area (Å²) in [5.41, 5.74) is 1.41. The monoisotopic (exact) mass is 450 g/mol. The number of methoxy groups -OCH3 is 1. The first-order valence-electron chi connectivity index (χ1n) is 9.67. The van der Waals surface area contributed by atoms with Gasteiger partial charge in [0.25, 0.3) is 5.56 Å². The van der Waals surface area contributed by atoms with Gasteiger partial charge in [0.2, 0.25) is 0 Å². The minimum absolute atomic E-state index is 0.0572. The SMILES string of the molecule is COc1cnc2ccn([C@@H](C)c3nnc4c(F)cc(-c5ccc(Cl)cn5)cn34)c(=O)c2c1. The van der Waals surface area contributed by atoms with Gasteiger partial charge < -0.3 is 9.30 Å². The molecule has 0 fully saturated rings. The van der Waals surface area contributed by atoms with Crippen molar-refractivity contribution in [3.63, 3.8) is 0 Å². The summed E-state index contributed by atoms with van der Waals surface area (Å²) in [5.74, 6) is 0.326. The third-order valence-electron chi connectivity index (χ3n) is 5.29. The Kier molecular flexibility index (Phi) is 4.82. The number of hydrogen-bond donors (Lipinski definition) is 0. The molecule has 8 nitrogen and oxygen atoms in total. The molecule has 0 N–H and O–H groups in total. The van der Waals surface area contributed by atoms with Crippen molar-refractivity contribution < 1.29 is 9.13 Å². The molecule has 0 bridgehead atoms. The number of ether oxygens (including phenoxy) is 1. The number of rotatable bonds is 4. The summed E-state index contributed by atoms with van der Waals surface area (Å²) in [6.45, 7) is 1.79. The topological polar surface area (TPSA) is 87.2 Å². The first-order valence-corrected chi connectivity index (χ1v) is 10.0. The summed E-state index contributed by atoms with van der Waals surface area (Å²) in [4.78, 5) is 21.7. The first kappa shape index (κ1) is 20.1. The van der Waals surface area contributed by atoms with Gasteiger partial charge in [0.1, 0.15) is 5.75 Å². The highest BCUT2D eigenvalue weighted by Crippen LogP contribution is 2.25. The van der Waals surface area contributed by atoms with Crippen molar-refractivity contribution in [2.45, 2.75) is 13.0 Å². The van der Waals surface area contributed by atoms with E-state index in [1.165, 1.54) is 28.3 Å². The molecule has 0 unspecified atom stereocenters. The maximum Gasteiger partial charge on any atom is 0.260 e. The summed E-state index contributed by atoms with van der Waals surface area (Å²) in [5, 5.41) is 9.04. The van der Waals surface area contributed by atoms with E-state index in [0.29, 0.717) is 38.8 Å². The smallest absolute Gasteiger partial charge is 0.260 e. The van der Waals surface area contributed by atoms with Crippen molar-refractivity contribution in [2.75, 3.05) is 7.11 Å². The van der Waals surface area contributed by atoms with E-state index in [9.17, 15) is 9.18 Å². The lowest BCUT2D eigenvalue weighted by Gasteiger charge is -2.15. The molecule has 0 aliphatic carbocycles. The summed E-state index contributed by atoms with van der Waals surface area (Å²) >= 11 is 5.91. The van der Waals surface area contributed by atoms with Crippen LogP contribution in [0.15, 0.2) is 59.9 Å². The van der Waals surface area contributed by atoms with Gasteiger partial charge in [-0.05, 0) is 37.3 Å². The van der Waals surface area contributed by atoms with Crippen LogP contribution in [0.4, 0.5) is 4.39 Å². The lowest BCUT2D eigenvalue weighted by atomic mass is 10.2. The standard InChI is InChI=1S/C22H16ClFN6O2/c1-12(29-6-5-19-16(22(29)31)8-15(32-2)10-26-19)20-27-28-21-17(24)7-13(11-30(20)21)18-4-3-14(23)9-25-18/h3-12H,1-2H3/t12-/m0/s1. The second-order valence-electron chi connectivity index (χ2n) is 7.20. The average molecular weight is 451 g/mol. The Balaban J connectivity index is 1.65. The molecular weight excluding hydrogens is 435 g/mol. The Bertz CT molecular complexity index is 1530. The van der Waals surface area contributed by atoms with Crippen LogP contribution in [0.3, 0.4) is 0 Å². The predicted octanol–water partition coefficient (Wildman–Crippen LogP) is 3.91. The fourth-order valence-corrected chi connectivity index (χ4v) is 3.71. The van der Waals surface area contributed by atoms with Crippen LogP contribution in [0.5, 0.6) is 5.75 Å². The van der Waals surface area contributed by atoms with Crippen LogP contribution < -0.4 is 10.3 Å². The Morgan fingerprint density at radius 2 is 1.97 bits per heavy atom. The number of hydrogen-bond acceptors (Lipinski definition) is 6. The zero-order valence-electron chi connectivity index (χ0n) is 17.0. The molecule has 0 radical (unpaired) electrons. The molecule has 0 saturated heterocycles. The van der Waals surface area contributed by atoms with E-state index in [1.54, 1.807) is 49.8 Å². The van der Waals surface area contributed by atoms with Gasteiger partial charge in [-0.3, -0.25) is 19.2 Å². The van der Waals surface area contributed by atoms with Gasteiger partial charge in [-0.1, -0.05) is 11.6 Å². The minimum atomic E-state index is -0.551. The van der Waals surface area contributed by atoms with E-state index in [1.807, 2.05) is 0 Å². The van der Waals surface area contributed by atoms with Crippen molar-refractivity contribution in [3.8, 4) is 17.0 Å². The number of halogens is 2. The normalized spacial score (nSPS) is 12.4. The van der Waals surface area contributed by atoms with Gasteiger partial charge >= 0.3 is 0 Å². The van der Waals surface area contributed by atoms with E-state index in [2.05, 4.69) is 20.2 Å². The number of nitrogens with zero attached hydrogens (tertiary/aromatic N) is 6. The summed E-state index contributed by atoms with van der Waals surface area (Å²) in [6.07, 6.45) is 6.37. The maximum absolute atomic E-state index is 14.8. The largest absolute Gasteiger partial charge is 0.495 e. The molecule has 5 aromatic heterocycles. The molecular formula is C22H16ClFN6O2. The fraction of sp³-hybridized carbons (Fsp3) is 0.136. The molecule has 5 aromatic rings. The molecule has 0 spiro atoms. The molecule has 5 heterocycles. The highest BCUT2D eigenvalue weighted by atomic mass is 35.5. The third kappa shape index (κ3) is 3.27. The molecule has 160 valence electrons. The molecule has 32 heavy (non-hydrogen) atoms. The van der Waals surface area contributed by atoms with Gasteiger partial charge in [-0.25, -0.2) is 4.39 Å². The Morgan fingerprint density at radius 3 is 2.72 bits per heavy atom. The Labute approximate surface area is 185 Å². The van der Waals surface area contributed by atoms with E-state index >= 15 is 0 Å². The average Bonchev–Trinajstić information content (AvgIpc) is 3.24. The van der Waals surface area contributed by atoms with E-state index < -0.39 is 11.9 Å². The Morgan fingerprint density at radius 1 is 1.12 bits per heavy atom. The quantitative estimate of drug-likeness (QED) is 0.412. The van der Waals surface area contributed by atoms with Crippen LogP contribution in [-0.2, 0) is 0 Å². The van der Waals surface area contributed by atoms with Gasteiger partial charge in [0.15, 0.2) is 17.3 Å². The lowest BCUT2D eigenvalue weighted by Crippen LogP contribution is -2.25. The fourth-order valence-electron chi connectivity index (χ4n) is 3.60. The van der Waals surface area contributed by atoms with Crippen LogP contribution in [-0.4, -0.2) is 36.2 Å². The highest BCUT2D eigenvalue weighted by molar-refractivity contribution is 6.30. The highest BCUT2D eigenvalue weighted by Gasteiger charge is 2.20. The van der Waals surface area contributed by atoms with E-state index in [-0.39, 0.29) is 11.2 Å². The van der Waals surface area contributed by atoms with Gasteiger partial charge in [-0.2, -0.15) is 0 Å². The summed E-state index contributed by atoms with van der Waals surface area (Å²) in [7, 11) is 1.51. The van der Waals surface area contributed by atoms with Crippen LogP contribution >= 0.6 is 11.6 Å². The van der Waals surface area contributed by atoms with E-state index in [0.717, 1.165) is 0 Å². The van der Waals surface area contributed by atoms with E-state index in [4.69, 9.17) is 16.3 Å². The zero-order chi connectivity index (χ0) is 22.4. The van der Waals surface area contributed by atoms with Crippen molar-refractivity contribution in [1.82, 2.24) is 29.1 Å². The molecule has 0 aromatic carbocycles. The van der Waals surface area contributed by atoms with Crippen molar-refractivity contribution in [2.24, 2.45) is 0 Å². The van der Waals surface area contributed by atoms with Crippen molar-refractivity contribution in [3.05, 3.63) is 82.1 Å².